The van der Waals surface area contributed by atoms with E-state index in [9.17, 15) is 14.7 Å². The summed E-state index contributed by atoms with van der Waals surface area (Å²) in [6.07, 6.45) is 3.17. The van der Waals surface area contributed by atoms with Crippen molar-refractivity contribution in [1.82, 2.24) is 9.80 Å². The van der Waals surface area contributed by atoms with Crippen molar-refractivity contribution in [3.05, 3.63) is 63.6 Å². The number of aliphatic carboxylic acids is 1. The molecule has 33 heavy (non-hydrogen) atoms. The summed E-state index contributed by atoms with van der Waals surface area (Å²) in [4.78, 5) is 30.2. The van der Waals surface area contributed by atoms with Crippen LogP contribution in [-0.4, -0.2) is 58.5 Å². The second-order valence-corrected chi connectivity index (χ2v) is 10.6. The lowest BCUT2D eigenvalue weighted by molar-refractivity contribution is -0.138. The largest absolute Gasteiger partial charge is 0.480 e. The molecule has 2 aromatic rings. The van der Waals surface area contributed by atoms with Gasteiger partial charge < -0.3 is 10.4 Å². The highest BCUT2D eigenvalue weighted by molar-refractivity contribution is 6.31. The molecule has 6 rings (SSSR count). The van der Waals surface area contributed by atoms with Crippen molar-refractivity contribution >= 4 is 40.8 Å². The highest BCUT2D eigenvalue weighted by atomic mass is 35.5. The zero-order valence-electron chi connectivity index (χ0n) is 18.0. The molecule has 4 atom stereocenters. The predicted octanol–water partition coefficient (Wildman–Crippen LogP) is 4.18. The van der Waals surface area contributed by atoms with Gasteiger partial charge in [0.15, 0.2) is 0 Å². The summed E-state index contributed by atoms with van der Waals surface area (Å²) in [6.45, 7) is 1.49. The quantitative estimate of drug-likeness (QED) is 0.664. The minimum atomic E-state index is -0.931. The number of rotatable bonds is 5. The van der Waals surface area contributed by atoms with Crippen LogP contribution in [-0.2, 0) is 15.1 Å². The van der Waals surface area contributed by atoms with Crippen molar-refractivity contribution in [2.45, 2.75) is 42.8 Å². The molecule has 4 unspecified atom stereocenters. The molecule has 0 radical (unpaired) electrons. The lowest BCUT2D eigenvalue weighted by atomic mass is 9.73. The van der Waals surface area contributed by atoms with Gasteiger partial charge in [0.2, 0.25) is 5.91 Å². The number of halogens is 2. The standard InChI is InChI=1S/C25H25Cl2N3O3/c26-16-3-1-2-15(10-16)22-23-20(8-9-29(23)13-21(31)32)30(12-14-4-5-14)25(22)18-7-6-17(27)11-19(18)28-24(25)33/h1-3,6-7,10-11,14,20,22-23H,4-5,8-9,12-13H2,(H,28,33)(H,31,32). The van der Waals surface area contributed by atoms with E-state index in [1.807, 2.05) is 42.5 Å². The Balaban J connectivity index is 1.59. The van der Waals surface area contributed by atoms with Crippen molar-refractivity contribution in [1.29, 1.82) is 0 Å². The summed E-state index contributed by atoms with van der Waals surface area (Å²) in [5, 5.41) is 13.9. The first-order valence-electron chi connectivity index (χ1n) is 11.5. The zero-order chi connectivity index (χ0) is 22.9. The van der Waals surface area contributed by atoms with Crippen LogP contribution >= 0.6 is 23.2 Å². The van der Waals surface area contributed by atoms with E-state index in [4.69, 9.17) is 23.2 Å². The third-order valence-electron chi connectivity index (χ3n) is 7.86. The van der Waals surface area contributed by atoms with Gasteiger partial charge in [0.05, 0.1) is 6.54 Å². The molecule has 0 aromatic heterocycles. The van der Waals surface area contributed by atoms with E-state index in [2.05, 4.69) is 15.1 Å². The van der Waals surface area contributed by atoms with Gasteiger partial charge in [-0.05, 0) is 55.0 Å². The number of carboxylic acids is 1. The van der Waals surface area contributed by atoms with Crippen LogP contribution in [0.1, 0.15) is 36.3 Å². The Bertz CT molecular complexity index is 1150. The third kappa shape index (κ3) is 3.22. The Hall–Kier alpha value is -2.12. The molecular formula is C25H25Cl2N3O3. The van der Waals surface area contributed by atoms with E-state index in [-0.39, 0.29) is 30.5 Å². The molecule has 0 bridgehead atoms. The molecule has 3 fully saturated rings. The Labute approximate surface area is 202 Å². The van der Waals surface area contributed by atoms with Crippen LogP contribution in [0.2, 0.25) is 10.0 Å². The second-order valence-electron chi connectivity index (χ2n) is 9.75. The first-order valence-corrected chi connectivity index (χ1v) is 12.2. The highest BCUT2D eigenvalue weighted by Crippen LogP contribution is 2.61. The van der Waals surface area contributed by atoms with Gasteiger partial charge in [-0.2, -0.15) is 0 Å². The van der Waals surface area contributed by atoms with Gasteiger partial charge in [-0.15, -0.1) is 0 Å². The normalized spacial score (nSPS) is 31.1. The van der Waals surface area contributed by atoms with Crippen LogP contribution in [0, 0.1) is 5.92 Å². The van der Waals surface area contributed by atoms with Gasteiger partial charge >= 0.3 is 5.97 Å². The number of carbonyl (C=O) groups is 2. The fourth-order valence-corrected chi connectivity index (χ4v) is 6.93. The molecule has 2 saturated heterocycles. The molecule has 1 saturated carbocycles. The molecule has 3 aliphatic heterocycles. The number of nitrogens with zero attached hydrogens (tertiary/aromatic N) is 2. The van der Waals surface area contributed by atoms with Crippen LogP contribution in [0.25, 0.3) is 0 Å². The number of hydrogen-bond acceptors (Lipinski definition) is 4. The molecule has 3 heterocycles. The van der Waals surface area contributed by atoms with E-state index in [1.54, 1.807) is 0 Å². The molecule has 8 heteroatoms. The zero-order valence-corrected chi connectivity index (χ0v) is 19.5. The van der Waals surface area contributed by atoms with Gasteiger partial charge in [0.25, 0.3) is 0 Å². The highest BCUT2D eigenvalue weighted by Gasteiger charge is 2.69. The minimum absolute atomic E-state index is 0.0410. The van der Waals surface area contributed by atoms with Crippen molar-refractivity contribution in [3.8, 4) is 0 Å². The minimum Gasteiger partial charge on any atom is -0.480 e. The number of likely N-dealkylation sites (tertiary alicyclic amines) is 2. The van der Waals surface area contributed by atoms with E-state index in [1.165, 1.54) is 12.8 Å². The number of benzene rings is 2. The van der Waals surface area contributed by atoms with E-state index in [0.717, 1.165) is 29.8 Å². The summed E-state index contributed by atoms with van der Waals surface area (Å²) < 4.78 is 0. The fraction of sp³-hybridized carbons (Fsp3) is 0.440. The Morgan fingerprint density at radius 3 is 2.64 bits per heavy atom. The third-order valence-corrected chi connectivity index (χ3v) is 8.33. The first kappa shape index (κ1) is 21.4. The first-order chi connectivity index (χ1) is 15.9. The number of carboxylic acid groups (broad SMARTS) is 1. The molecule has 2 N–H and O–H groups in total. The van der Waals surface area contributed by atoms with Gasteiger partial charge in [-0.25, -0.2) is 0 Å². The number of fused-ring (bicyclic) bond motifs is 3. The molecule has 1 aliphatic carbocycles. The van der Waals surface area contributed by atoms with E-state index >= 15 is 0 Å². The topological polar surface area (TPSA) is 72.9 Å². The van der Waals surface area contributed by atoms with Gasteiger partial charge in [0, 0.05) is 52.4 Å². The van der Waals surface area contributed by atoms with Crippen LogP contribution in [0.5, 0.6) is 0 Å². The van der Waals surface area contributed by atoms with E-state index in [0.29, 0.717) is 22.5 Å². The number of anilines is 1. The SMILES string of the molecule is O=C(O)CN1CCC2C1C(c1cccc(Cl)c1)C1(C(=O)Nc3cc(Cl)ccc31)N2CC1CC1. The van der Waals surface area contributed by atoms with Crippen LogP contribution in [0.15, 0.2) is 42.5 Å². The van der Waals surface area contributed by atoms with Crippen molar-refractivity contribution < 1.29 is 14.7 Å². The maximum atomic E-state index is 14.0. The number of hydrogen-bond donors (Lipinski definition) is 2. The Morgan fingerprint density at radius 1 is 1.12 bits per heavy atom. The van der Waals surface area contributed by atoms with Gasteiger partial charge in [0.1, 0.15) is 5.54 Å². The van der Waals surface area contributed by atoms with Crippen LogP contribution < -0.4 is 5.32 Å². The average Bonchev–Trinajstić information content (AvgIpc) is 3.34. The van der Waals surface area contributed by atoms with Crippen LogP contribution in [0.4, 0.5) is 5.69 Å². The molecule has 172 valence electrons. The summed E-state index contributed by atoms with van der Waals surface area (Å²) in [7, 11) is 0. The summed E-state index contributed by atoms with van der Waals surface area (Å²) >= 11 is 12.7. The van der Waals surface area contributed by atoms with Gasteiger partial charge in [-0.1, -0.05) is 41.4 Å². The predicted molar refractivity (Wildman–Crippen MR) is 127 cm³/mol. The Kier molecular flexibility index (Phi) is 5.00. The second kappa shape index (κ2) is 7.70. The summed E-state index contributed by atoms with van der Waals surface area (Å²) in [5.74, 6) is -0.601. The Morgan fingerprint density at radius 2 is 1.91 bits per heavy atom. The molecule has 6 nitrogen and oxygen atoms in total. The fourth-order valence-electron chi connectivity index (χ4n) is 6.56. The van der Waals surface area contributed by atoms with Gasteiger partial charge in [-0.3, -0.25) is 19.4 Å². The molecule has 4 aliphatic rings. The number of carbonyl (C=O) groups excluding carboxylic acids is 1. The molecule has 2 aromatic carbocycles. The molecule has 1 amide bonds. The smallest absolute Gasteiger partial charge is 0.317 e. The molecule has 1 spiro atoms. The molecular weight excluding hydrogens is 461 g/mol. The van der Waals surface area contributed by atoms with Crippen molar-refractivity contribution in [3.63, 3.8) is 0 Å². The van der Waals surface area contributed by atoms with Crippen molar-refractivity contribution in [2.75, 3.05) is 25.0 Å². The monoisotopic (exact) mass is 485 g/mol. The lowest BCUT2D eigenvalue weighted by Crippen LogP contribution is -2.53. The maximum absolute atomic E-state index is 14.0. The number of amides is 1. The van der Waals surface area contributed by atoms with Crippen LogP contribution in [0.3, 0.4) is 0 Å². The van der Waals surface area contributed by atoms with E-state index < -0.39 is 11.5 Å². The summed E-state index contributed by atoms with van der Waals surface area (Å²) in [5.41, 5.74) is 1.70. The maximum Gasteiger partial charge on any atom is 0.317 e. The lowest BCUT2D eigenvalue weighted by Gasteiger charge is -2.41. The summed E-state index contributed by atoms with van der Waals surface area (Å²) in [6, 6.07) is 13.3. The van der Waals surface area contributed by atoms with Crippen molar-refractivity contribution in [2.24, 2.45) is 5.92 Å². The average molecular weight is 486 g/mol. The number of nitrogens with one attached hydrogen (secondary N) is 1.